The van der Waals surface area contributed by atoms with Crippen LogP contribution in [0.2, 0.25) is 0 Å². The van der Waals surface area contributed by atoms with E-state index in [0.717, 1.165) is 11.8 Å². The summed E-state index contributed by atoms with van der Waals surface area (Å²) in [6.45, 7) is 1.40. The van der Waals surface area contributed by atoms with Crippen molar-refractivity contribution >= 4 is 27.7 Å². The van der Waals surface area contributed by atoms with Crippen LogP contribution < -0.4 is 5.73 Å². The highest BCUT2D eigenvalue weighted by Crippen LogP contribution is 2.26. The zero-order chi connectivity index (χ0) is 17.9. The second-order valence-corrected chi connectivity index (χ2v) is 8.04. The first-order valence-corrected chi connectivity index (χ1v) is 9.82. The van der Waals surface area contributed by atoms with E-state index in [-0.39, 0.29) is 21.8 Å². The third-order valence-electron chi connectivity index (χ3n) is 3.43. The Morgan fingerprint density at radius 1 is 1.28 bits per heavy atom. The molecule has 1 aromatic heterocycles. The van der Waals surface area contributed by atoms with Gasteiger partial charge in [0.05, 0.1) is 23.9 Å². The van der Waals surface area contributed by atoms with Gasteiger partial charge in [0.25, 0.3) is 5.22 Å². The molecule has 1 aliphatic heterocycles. The van der Waals surface area contributed by atoms with Crippen LogP contribution in [-0.4, -0.2) is 60.9 Å². The van der Waals surface area contributed by atoms with Crippen LogP contribution >= 0.6 is 11.8 Å². The highest BCUT2D eigenvalue weighted by atomic mass is 32.2. The first-order valence-electron chi connectivity index (χ1n) is 7.40. The van der Waals surface area contributed by atoms with Crippen LogP contribution in [0.15, 0.2) is 38.8 Å². The summed E-state index contributed by atoms with van der Waals surface area (Å²) in [6, 6.07) is 6.30. The van der Waals surface area contributed by atoms with Gasteiger partial charge in [-0.05, 0) is 18.2 Å². The lowest BCUT2D eigenvalue weighted by atomic mass is 10.2. The maximum Gasteiger partial charge on any atom is 0.277 e. The summed E-state index contributed by atoms with van der Waals surface area (Å²) in [7, 11) is -3.61. The predicted molar refractivity (Wildman–Crippen MR) is 89.2 cm³/mol. The molecule has 1 amide bonds. The summed E-state index contributed by atoms with van der Waals surface area (Å²) in [4.78, 5) is 10.9. The molecule has 3 rings (SSSR count). The van der Waals surface area contributed by atoms with E-state index < -0.39 is 15.9 Å². The van der Waals surface area contributed by atoms with Crippen molar-refractivity contribution < 1.29 is 22.4 Å². The molecule has 0 atom stereocenters. The van der Waals surface area contributed by atoms with Gasteiger partial charge in [-0.3, -0.25) is 4.79 Å². The number of nitrogens with two attached hydrogens (primary N) is 1. The number of hydrogen-bond donors (Lipinski definition) is 1. The average molecular weight is 384 g/mol. The molecule has 1 fully saturated rings. The molecule has 1 aromatic carbocycles. The fourth-order valence-corrected chi connectivity index (χ4v) is 4.20. The number of benzene rings is 1. The zero-order valence-corrected chi connectivity index (χ0v) is 14.8. The van der Waals surface area contributed by atoms with Crippen LogP contribution in [0.1, 0.15) is 0 Å². The van der Waals surface area contributed by atoms with Crippen LogP contribution in [0.25, 0.3) is 11.5 Å². The number of sulfonamides is 1. The molecule has 25 heavy (non-hydrogen) atoms. The Kier molecular flexibility index (Phi) is 5.37. The molecule has 2 N–H and O–H groups in total. The Balaban J connectivity index is 1.83. The molecule has 1 saturated heterocycles. The molecule has 0 spiro atoms. The van der Waals surface area contributed by atoms with E-state index in [1.165, 1.54) is 16.4 Å². The third kappa shape index (κ3) is 4.18. The van der Waals surface area contributed by atoms with Crippen LogP contribution in [0.4, 0.5) is 0 Å². The predicted octanol–water partition coefficient (Wildman–Crippen LogP) is 0.335. The van der Waals surface area contributed by atoms with Gasteiger partial charge in [0.15, 0.2) is 0 Å². The molecular weight excluding hydrogens is 368 g/mol. The summed E-state index contributed by atoms with van der Waals surface area (Å²) in [5.74, 6) is -0.304. The Labute approximate surface area is 148 Å². The molecule has 11 heteroatoms. The van der Waals surface area contributed by atoms with Gasteiger partial charge in [-0.15, -0.1) is 10.2 Å². The Bertz CT molecular complexity index is 862. The van der Waals surface area contributed by atoms with Gasteiger partial charge in [0.1, 0.15) is 0 Å². The normalized spacial score (nSPS) is 16.0. The van der Waals surface area contributed by atoms with Crippen molar-refractivity contribution in [2.75, 3.05) is 32.1 Å². The van der Waals surface area contributed by atoms with Crippen molar-refractivity contribution in [3.63, 3.8) is 0 Å². The lowest BCUT2D eigenvalue weighted by Gasteiger charge is -2.26. The van der Waals surface area contributed by atoms with Gasteiger partial charge in [-0.2, -0.15) is 4.31 Å². The first kappa shape index (κ1) is 17.9. The summed E-state index contributed by atoms with van der Waals surface area (Å²) >= 11 is 1.02. The van der Waals surface area contributed by atoms with Gasteiger partial charge in [0, 0.05) is 18.7 Å². The van der Waals surface area contributed by atoms with Crippen LogP contribution in [0.5, 0.6) is 0 Å². The lowest BCUT2D eigenvalue weighted by molar-refractivity contribution is -0.115. The van der Waals surface area contributed by atoms with Crippen molar-refractivity contribution in [2.24, 2.45) is 5.73 Å². The number of primary amides is 1. The summed E-state index contributed by atoms with van der Waals surface area (Å²) in [6.07, 6.45) is 0. The molecule has 0 unspecified atom stereocenters. The topological polar surface area (TPSA) is 129 Å². The SMILES string of the molecule is NC(=O)CSc1nnc(-c2cccc(S(=O)(=O)N3CCOCC3)c2)o1. The minimum absolute atomic E-state index is 0.0209. The van der Waals surface area contributed by atoms with E-state index in [9.17, 15) is 13.2 Å². The highest BCUT2D eigenvalue weighted by molar-refractivity contribution is 7.99. The Morgan fingerprint density at radius 3 is 2.76 bits per heavy atom. The Hall–Kier alpha value is -1.95. The van der Waals surface area contributed by atoms with Gasteiger partial charge >= 0.3 is 0 Å². The highest BCUT2D eigenvalue weighted by Gasteiger charge is 2.26. The van der Waals surface area contributed by atoms with E-state index in [2.05, 4.69) is 10.2 Å². The average Bonchev–Trinajstić information content (AvgIpc) is 3.10. The van der Waals surface area contributed by atoms with E-state index in [0.29, 0.717) is 31.9 Å². The molecule has 0 aliphatic carbocycles. The number of amides is 1. The zero-order valence-electron chi connectivity index (χ0n) is 13.1. The summed E-state index contributed by atoms with van der Waals surface area (Å²) < 4.78 is 37.4. The van der Waals surface area contributed by atoms with Crippen LogP contribution in [0.3, 0.4) is 0 Å². The van der Waals surface area contributed by atoms with Crippen molar-refractivity contribution in [3.8, 4) is 11.5 Å². The number of ether oxygens (including phenoxy) is 1. The van der Waals surface area contributed by atoms with Crippen LogP contribution in [-0.2, 0) is 19.6 Å². The number of aromatic nitrogens is 2. The van der Waals surface area contributed by atoms with Crippen LogP contribution in [0, 0.1) is 0 Å². The smallest absolute Gasteiger partial charge is 0.277 e. The maximum atomic E-state index is 12.7. The maximum absolute atomic E-state index is 12.7. The fraction of sp³-hybridized carbons (Fsp3) is 0.357. The minimum Gasteiger partial charge on any atom is -0.411 e. The quantitative estimate of drug-likeness (QED) is 0.706. The summed E-state index contributed by atoms with van der Waals surface area (Å²) in [5.41, 5.74) is 5.55. The monoisotopic (exact) mass is 384 g/mol. The number of rotatable bonds is 6. The number of carbonyl (C=O) groups excluding carboxylic acids is 1. The second kappa shape index (κ2) is 7.52. The Morgan fingerprint density at radius 2 is 2.04 bits per heavy atom. The largest absolute Gasteiger partial charge is 0.411 e. The molecule has 2 heterocycles. The number of thioether (sulfide) groups is 1. The molecule has 1 aliphatic rings. The van der Waals surface area contributed by atoms with Gasteiger partial charge < -0.3 is 14.9 Å². The molecule has 0 saturated carbocycles. The van der Waals surface area contributed by atoms with Crippen molar-refractivity contribution in [1.29, 1.82) is 0 Å². The molecule has 0 radical (unpaired) electrons. The molecule has 2 aromatic rings. The lowest BCUT2D eigenvalue weighted by Crippen LogP contribution is -2.40. The second-order valence-electron chi connectivity index (χ2n) is 5.17. The first-order chi connectivity index (χ1) is 12.0. The number of carbonyl (C=O) groups is 1. The van der Waals surface area contributed by atoms with E-state index >= 15 is 0 Å². The number of hydrogen-bond acceptors (Lipinski definition) is 8. The van der Waals surface area contributed by atoms with E-state index in [1.807, 2.05) is 0 Å². The molecular formula is C14H16N4O5S2. The third-order valence-corrected chi connectivity index (χ3v) is 6.17. The van der Waals surface area contributed by atoms with Crippen molar-refractivity contribution in [2.45, 2.75) is 10.1 Å². The molecule has 9 nitrogen and oxygen atoms in total. The number of nitrogens with zero attached hydrogens (tertiary/aromatic N) is 3. The minimum atomic E-state index is -3.61. The molecule has 0 bridgehead atoms. The fourth-order valence-electron chi connectivity index (χ4n) is 2.24. The van der Waals surface area contributed by atoms with Crippen molar-refractivity contribution in [3.05, 3.63) is 24.3 Å². The number of morpholine rings is 1. The summed E-state index contributed by atoms with van der Waals surface area (Å²) in [5, 5.41) is 7.88. The van der Waals surface area contributed by atoms with E-state index in [1.54, 1.807) is 12.1 Å². The van der Waals surface area contributed by atoms with Gasteiger partial charge in [-0.25, -0.2) is 8.42 Å². The molecule has 134 valence electrons. The van der Waals surface area contributed by atoms with Gasteiger partial charge in [0.2, 0.25) is 21.8 Å². The van der Waals surface area contributed by atoms with E-state index in [4.69, 9.17) is 14.9 Å². The van der Waals surface area contributed by atoms with Gasteiger partial charge in [-0.1, -0.05) is 17.8 Å². The van der Waals surface area contributed by atoms with Crippen molar-refractivity contribution in [1.82, 2.24) is 14.5 Å². The standard InChI is InChI=1S/C14H16N4O5S2/c15-12(19)9-24-14-17-16-13(23-14)10-2-1-3-11(8-10)25(20,21)18-4-6-22-7-5-18/h1-3,8H,4-7,9H2,(H2,15,19).